The van der Waals surface area contributed by atoms with Crippen molar-refractivity contribution < 1.29 is 14.6 Å². The van der Waals surface area contributed by atoms with Gasteiger partial charge in [0.15, 0.2) is 11.5 Å². The Kier molecular flexibility index (Phi) is 7.39. The van der Waals surface area contributed by atoms with Gasteiger partial charge < -0.3 is 24.8 Å². The van der Waals surface area contributed by atoms with Crippen LogP contribution in [0.2, 0.25) is 0 Å². The maximum atomic E-state index is 10.1. The van der Waals surface area contributed by atoms with Crippen molar-refractivity contribution >= 4 is 0 Å². The number of hydrogen-bond donors (Lipinski definition) is 2. The number of aliphatic hydroxyl groups excluding tert-OH is 1. The fraction of sp³-hybridized carbons (Fsp3) is 0.556. The highest BCUT2D eigenvalue weighted by atomic mass is 16.5. The zero-order valence-electron chi connectivity index (χ0n) is 14.0. The predicted octanol–water partition coefficient (Wildman–Crippen LogP) is 1.81. The molecule has 128 valence electrons. The third-order valence-corrected chi connectivity index (χ3v) is 3.94. The van der Waals surface area contributed by atoms with E-state index in [0.717, 1.165) is 31.7 Å². The summed E-state index contributed by atoms with van der Waals surface area (Å²) in [6.45, 7) is 8.30. The quantitative estimate of drug-likeness (QED) is 0.509. The molecule has 0 saturated carbocycles. The largest absolute Gasteiger partial charge is 0.493 e. The van der Waals surface area contributed by atoms with Crippen LogP contribution in [0.25, 0.3) is 0 Å². The lowest BCUT2D eigenvalue weighted by atomic mass is 10.2. The molecule has 2 rings (SSSR count). The minimum Gasteiger partial charge on any atom is -0.493 e. The molecule has 1 aliphatic heterocycles. The molecular weight excluding hydrogens is 292 g/mol. The van der Waals surface area contributed by atoms with E-state index in [1.165, 1.54) is 12.8 Å². The minimum atomic E-state index is -0.480. The molecule has 1 saturated heterocycles. The predicted molar refractivity (Wildman–Crippen MR) is 92.1 cm³/mol. The van der Waals surface area contributed by atoms with Gasteiger partial charge in [-0.15, -0.1) is 6.58 Å². The molecule has 5 nitrogen and oxygen atoms in total. The van der Waals surface area contributed by atoms with Gasteiger partial charge in [-0.25, -0.2) is 0 Å². The van der Waals surface area contributed by atoms with Gasteiger partial charge in [-0.3, -0.25) is 0 Å². The van der Waals surface area contributed by atoms with Gasteiger partial charge in [0.1, 0.15) is 12.7 Å². The van der Waals surface area contributed by atoms with Gasteiger partial charge in [0.2, 0.25) is 0 Å². The molecule has 1 aromatic rings. The summed E-state index contributed by atoms with van der Waals surface area (Å²) in [5.74, 6) is 1.36. The molecule has 23 heavy (non-hydrogen) atoms. The van der Waals surface area contributed by atoms with Crippen molar-refractivity contribution in [3.63, 3.8) is 0 Å². The van der Waals surface area contributed by atoms with Crippen LogP contribution in [0.15, 0.2) is 30.9 Å². The number of β-amino-alcohol motifs (C(OH)–C–C–N with tert-alkyl or cyclic N) is 1. The second-order valence-electron chi connectivity index (χ2n) is 5.88. The molecule has 1 atom stereocenters. The number of rotatable bonds is 10. The first-order valence-electron chi connectivity index (χ1n) is 8.24. The van der Waals surface area contributed by atoms with Gasteiger partial charge >= 0.3 is 0 Å². The van der Waals surface area contributed by atoms with Crippen molar-refractivity contribution in [2.75, 3.05) is 39.9 Å². The number of nitrogens with one attached hydrogen (secondary N) is 1. The van der Waals surface area contributed by atoms with Crippen molar-refractivity contribution in [1.29, 1.82) is 0 Å². The first-order valence-corrected chi connectivity index (χ1v) is 8.24. The van der Waals surface area contributed by atoms with Crippen molar-refractivity contribution in [1.82, 2.24) is 10.2 Å². The van der Waals surface area contributed by atoms with Crippen LogP contribution in [-0.4, -0.2) is 56.0 Å². The Balaban J connectivity index is 1.84. The molecule has 0 bridgehead atoms. The average molecular weight is 320 g/mol. The highest BCUT2D eigenvalue weighted by Crippen LogP contribution is 2.28. The van der Waals surface area contributed by atoms with Crippen molar-refractivity contribution in [3.8, 4) is 11.5 Å². The molecule has 0 aliphatic carbocycles. The van der Waals surface area contributed by atoms with E-state index in [1.807, 2.05) is 24.3 Å². The van der Waals surface area contributed by atoms with E-state index in [0.29, 0.717) is 18.0 Å². The van der Waals surface area contributed by atoms with Crippen LogP contribution in [0.5, 0.6) is 11.5 Å². The summed E-state index contributed by atoms with van der Waals surface area (Å²) < 4.78 is 11.1. The van der Waals surface area contributed by atoms with Gasteiger partial charge in [-0.05, 0) is 43.6 Å². The summed E-state index contributed by atoms with van der Waals surface area (Å²) in [7, 11) is 1.63. The van der Waals surface area contributed by atoms with Crippen LogP contribution in [0.4, 0.5) is 0 Å². The molecule has 2 N–H and O–H groups in total. The molecule has 1 heterocycles. The van der Waals surface area contributed by atoms with Gasteiger partial charge in [-0.2, -0.15) is 0 Å². The fourth-order valence-corrected chi connectivity index (χ4v) is 2.76. The van der Waals surface area contributed by atoms with Gasteiger partial charge in [0, 0.05) is 19.6 Å². The molecule has 0 radical (unpaired) electrons. The van der Waals surface area contributed by atoms with Gasteiger partial charge in [-0.1, -0.05) is 12.1 Å². The standard InChI is InChI=1S/C18H28N2O3/c1-3-8-19-12-15-6-7-17(18(11-15)22-2)23-14-16(21)13-20-9-4-5-10-20/h3,6-7,11,16,19,21H,1,4-5,8-10,12-14H2,2H3. The van der Waals surface area contributed by atoms with Crippen LogP contribution in [0, 0.1) is 0 Å². The van der Waals surface area contributed by atoms with E-state index in [9.17, 15) is 5.11 Å². The molecular formula is C18H28N2O3. The number of ether oxygens (including phenoxy) is 2. The number of aliphatic hydroxyl groups is 1. The molecule has 0 aromatic heterocycles. The lowest BCUT2D eigenvalue weighted by Crippen LogP contribution is -2.33. The number of hydrogen-bond acceptors (Lipinski definition) is 5. The molecule has 5 heteroatoms. The van der Waals surface area contributed by atoms with E-state index in [2.05, 4.69) is 16.8 Å². The van der Waals surface area contributed by atoms with E-state index in [1.54, 1.807) is 7.11 Å². The van der Waals surface area contributed by atoms with E-state index < -0.39 is 6.10 Å². The second kappa shape index (κ2) is 9.55. The first-order chi connectivity index (χ1) is 11.2. The summed E-state index contributed by atoms with van der Waals surface area (Å²) in [6.07, 6.45) is 3.80. The Bertz CT molecular complexity index is 487. The van der Waals surface area contributed by atoms with Crippen molar-refractivity contribution in [2.24, 2.45) is 0 Å². The lowest BCUT2D eigenvalue weighted by molar-refractivity contribution is 0.0747. The Morgan fingerprint density at radius 3 is 2.83 bits per heavy atom. The number of likely N-dealkylation sites (tertiary alicyclic amines) is 1. The molecule has 0 amide bonds. The maximum absolute atomic E-state index is 10.1. The van der Waals surface area contributed by atoms with Crippen molar-refractivity contribution in [2.45, 2.75) is 25.5 Å². The van der Waals surface area contributed by atoms with Gasteiger partial charge in [0.25, 0.3) is 0 Å². The monoisotopic (exact) mass is 320 g/mol. The number of methoxy groups -OCH3 is 1. The highest BCUT2D eigenvalue weighted by Gasteiger charge is 2.16. The van der Waals surface area contributed by atoms with Gasteiger partial charge in [0.05, 0.1) is 7.11 Å². The Labute approximate surface area is 138 Å². The zero-order valence-corrected chi connectivity index (χ0v) is 14.0. The highest BCUT2D eigenvalue weighted by molar-refractivity contribution is 5.43. The molecule has 0 spiro atoms. The normalized spacial score (nSPS) is 16.3. The Morgan fingerprint density at radius 2 is 2.13 bits per heavy atom. The van der Waals surface area contributed by atoms with E-state index in [4.69, 9.17) is 9.47 Å². The summed E-state index contributed by atoms with van der Waals surface area (Å²) in [5.41, 5.74) is 1.12. The summed E-state index contributed by atoms with van der Waals surface area (Å²) in [5, 5.41) is 13.4. The Morgan fingerprint density at radius 1 is 1.35 bits per heavy atom. The molecule has 1 fully saturated rings. The summed E-state index contributed by atoms with van der Waals surface area (Å²) in [4.78, 5) is 2.28. The maximum Gasteiger partial charge on any atom is 0.161 e. The SMILES string of the molecule is C=CCNCc1ccc(OCC(O)CN2CCCC2)c(OC)c1. The van der Waals surface area contributed by atoms with Crippen LogP contribution >= 0.6 is 0 Å². The van der Waals surface area contributed by atoms with Crippen LogP contribution in [0.1, 0.15) is 18.4 Å². The van der Waals surface area contributed by atoms with Crippen LogP contribution < -0.4 is 14.8 Å². The summed E-state index contributed by atoms with van der Waals surface area (Å²) >= 11 is 0. The number of benzene rings is 1. The van der Waals surface area contributed by atoms with E-state index >= 15 is 0 Å². The van der Waals surface area contributed by atoms with Crippen molar-refractivity contribution in [3.05, 3.63) is 36.4 Å². The minimum absolute atomic E-state index is 0.279. The molecule has 1 unspecified atom stereocenters. The number of nitrogens with zero attached hydrogens (tertiary/aromatic N) is 1. The average Bonchev–Trinajstić information content (AvgIpc) is 3.06. The lowest BCUT2D eigenvalue weighted by Gasteiger charge is -2.20. The Hall–Kier alpha value is -1.56. The smallest absolute Gasteiger partial charge is 0.161 e. The second-order valence-corrected chi connectivity index (χ2v) is 5.88. The first kappa shape index (κ1) is 17.8. The fourth-order valence-electron chi connectivity index (χ4n) is 2.76. The summed E-state index contributed by atoms with van der Waals surface area (Å²) in [6, 6.07) is 5.85. The van der Waals surface area contributed by atoms with Crippen LogP contribution in [0.3, 0.4) is 0 Å². The topological polar surface area (TPSA) is 54.0 Å². The molecule has 1 aromatic carbocycles. The zero-order chi connectivity index (χ0) is 16.5. The van der Waals surface area contributed by atoms with E-state index in [-0.39, 0.29) is 6.61 Å². The third kappa shape index (κ3) is 5.86. The third-order valence-electron chi connectivity index (χ3n) is 3.94. The molecule has 1 aliphatic rings. The van der Waals surface area contributed by atoms with Crippen LogP contribution in [-0.2, 0) is 6.54 Å².